The molecular weight excluding hydrogens is 240 g/mol. The predicted molar refractivity (Wildman–Crippen MR) is 51.7 cm³/mol. The first-order valence-corrected chi connectivity index (χ1v) is 4.91. The number of alkyl halides is 1. The van der Waals surface area contributed by atoms with E-state index in [1.807, 2.05) is 0 Å². The normalized spacial score (nSPS) is 9.38. The Kier molecular flexibility index (Phi) is 7.62. The number of rotatable bonds is 6. The van der Waals surface area contributed by atoms with Gasteiger partial charge in [0.1, 0.15) is 0 Å². The molecule has 0 unspecified atom stereocenters. The van der Waals surface area contributed by atoms with Crippen molar-refractivity contribution < 1.29 is 14.3 Å². The number of halogens is 1. The van der Waals surface area contributed by atoms with E-state index in [0.29, 0.717) is 13.2 Å². The quantitative estimate of drug-likeness (QED) is 0.484. The van der Waals surface area contributed by atoms with E-state index in [-0.39, 0.29) is 23.7 Å². The van der Waals surface area contributed by atoms with E-state index >= 15 is 0 Å². The van der Waals surface area contributed by atoms with Crippen LogP contribution in [0.15, 0.2) is 0 Å². The zero-order chi connectivity index (χ0) is 10.1. The van der Waals surface area contributed by atoms with Gasteiger partial charge in [-0.2, -0.15) is 0 Å². The Morgan fingerprint density at radius 3 is 2.54 bits per heavy atom. The number of hydrogen-bond donors (Lipinski definition) is 2. The second kappa shape index (κ2) is 8.00. The van der Waals surface area contributed by atoms with E-state index in [9.17, 15) is 9.59 Å². The minimum Gasteiger partial charge on any atom is -0.383 e. The molecule has 0 rings (SSSR count). The van der Waals surface area contributed by atoms with Crippen LogP contribution in [0, 0.1) is 0 Å². The first kappa shape index (κ1) is 12.4. The maximum absolute atomic E-state index is 10.9. The van der Waals surface area contributed by atoms with Crippen molar-refractivity contribution in [2.45, 2.75) is 0 Å². The van der Waals surface area contributed by atoms with E-state index in [1.165, 1.54) is 0 Å². The van der Waals surface area contributed by atoms with E-state index in [0.717, 1.165) is 0 Å². The molecule has 0 saturated carbocycles. The summed E-state index contributed by atoms with van der Waals surface area (Å²) < 4.78 is 4.73. The van der Waals surface area contributed by atoms with Gasteiger partial charge in [-0.1, -0.05) is 15.9 Å². The molecule has 0 fully saturated rings. The van der Waals surface area contributed by atoms with E-state index in [4.69, 9.17) is 4.74 Å². The van der Waals surface area contributed by atoms with Gasteiger partial charge in [0, 0.05) is 13.7 Å². The van der Waals surface area contributed by atoms with Crippen LogP contribution in [0.4, 0.5) is 0 Å². The number of ether oxygens (including phenoxy) is 1. The average Bonchev–Trinajstić information content (AvgIpc) is 2.14. The number of hydrogen-bond acceptors (Lipinski definition) is 3. The van der Waals surface area contributed by atoms with Crippen molar-refractivity contribution in [3.8, 4) is 0 Å². The molecule has 2 N–H and O–H groups in total. The summed E-state index contributed by atoms with van der Waals surface area (Å²) in [4.78, 5) is 21.6. The third-order valence-electron chi connectivity index (χ3n) is 1.20. The number of methoxy groups -OCH3 is 1. The molecule has 0 aromatic rings. The topological polar surface area (TPSA) is 67.4 Å². The van der Waals surface area contributed by atoms with Crippen molar-refractivity contribution in [2.75, 3.05) is 32.1 Å². The molecule has 0 aliphatic rings. The zero-order valence-corrected chi connectivity index (χ0v) is 9.02. The fourth-order valence-electron chi connectivity index (χ4n) is 0.581. The number of amides is 2. The van der Waals surface area contributed by atoms with Crippen molar-refractivity contribution >= 4 is 27.7 Å². The predicted octanol–water partition coefficient (Wildman–Crippen LogP) is -0.740. The SMILES string of the molecule is COCCNC(=O)CNC(=O)CBr. The third-order valence-corrected chi connectivity index (χ3v) is 1.71. The van der Waals surface area contributed by atoms with Crippen LogP contribution in [-0.4, -0.2) is 44.0 Å². The maximum Gasteiger partial charge on any atom is 0.239 e. The highest BCUT2D eigenvalue weighted by Crippen LogP contribution is 1.77. The molecule has 6 heteroatoms. The first-order valence-electron chi connectivity index (χ1n) is 3.79. The van der Waals surface area contributed by atoms with Crippen LogP contribution >= 0.6 is 15.9 Å². The molecule has 0 heterocycles. The Morgan fingerprint density at radius 2 is 2.00 bits per heavy atom. The Hall–Kier alpha value is -0.620. The van der Waals surface area contributed by atoms with Gasteiger partial charge in [0.15, 0.2) is 0 Å². The summed E-state index contributed by atoms with van der Waals surface area (Å²) in [6.07, 6.45) is 0. The van der Waals surface area contributed by atoms with Crippen molar-refractivity contribution in [3.05, 3.63) is 0 Å². The van der Waals surface area contributed by atoms with Gasteiger partial charge in [-0.3, -0.25) is 9.59 Å². The Labute approximate surface area is 85.3 Å². The van der Waals surface area contributed by atoms with Gasteiger partial charge in [0.2, 0.25) is 11.8 Å². The van der Waals surface area contributed by atoms with Crippen LogP contribution in [0.2, 0.25) is 0 Å². The van der Waals surface area contributed by atoms with Crippen molar-refractivity contribution in [3.63, 3.8) is 0 Å². The summed E-state index contributed by atoms with van der Waals surface area (Å²) in [5.41, 5.74) is 0. The van der Waals surface area contributed by atoms with Gasteiger partial charge in [-0.15, -0.1) is 0 Å². The Balaban J connectivity index is 3.35. The molecule has 5 nitrogen and oxygen atoms in total. The van der Waals surface area contributed by atoms with Crippen molar-refractivity contribution in [1.82, 2.24) is 10.6 Å². The second-order valence-corrected chi connectivity index (χ2v) is 2.81. The molecule has 0 radical (unpaired) electrons. The average molecular weight is 253 g/mol. The molecule has 76 valence electrons. The smallest absolute Gasteiger partial charge is 0.239 e. The van der Waals surface area contributed by atoms with Crippen LogP contribution < -0.4 is 10.6 Å². The lowest BCUT2D eigenvalue weighted by Gasteiger charge is -2.04. The molecule has 0 aliphatic carbocycles. The minimum atomic E-state index is -0.216. The molecule has 0 bridgehead atoms. The van der Waals surface area contributed by atoms with Crippen LogP contribution in [0.25, 0.3) is 0 Å². The monoisotopic (exact) mass is 252 g/mol. The molecule has 0 aliphatic heterocycles. The van der Waals surface area contributed by atoms with Crippen molar-refractivity contribution in [1.29, 1.82) is 0 Å². The van der Waals surface area contributed by atoms with Gasteiger partial charge < -0.3 is 15.4 Å². The summed E-state index contributed by atoms with van der Waals surface area (Å²) in [5, 5.41) is 5.20. The molecule has 13 heavy (non-hydrogen) atoms. The highest BCUT2D eigenvalue weighted by Gasteiger charge is 2.02. The number of carbonyl (C=O) groups is 2. The Morgan fingerprint density at radius 1 is 1.31 bits per heavy atom. The fourth-order valence-corrected chi connectivity index (χ4v) is 0.779. The molecule has 0 spiro atoms. The summed E-state index contributed by atoms with van der Waals surface area (Å²) in [7, 11) is 1.55. The minimum absolute atomic E-state index is 0.00808. The van der Waals surface area contributed by atoms with Crippen LogP contribution in [-0.2, 0) is 14.3 Å². The summed E-state index contributed by atoms with van der Waals surface area (Å²) in [6.45, 7) is 0.936. The van der Waals surface area contributed by atoms with Crippen LogP contribution in [0.3, 0.4) is 0 Å². The lowest BCUT2D eigenvalue weighted by Crippen LogP contribution is -2.38. The molecule has 0 aromatic heterocycles. The van der Waals surface area contributed by atoms with Crippen LogP contribution in [0.1, 0.15) is 0 Å². The van der Waals surface area contributed by atoms with E-state index in [2.05, 4.69) is 26.6 Å². The van der Waals surface area contributed by atoms with Gasteiger partial charge in [0.05, 0.1) is 18.5 Å². The van der Waals surface area contributed by atoms with Gasteiger partial charge >= 0.3 is 0 Å². The standard InChI is InChI=1S/C7H13BrN2O3/c1-13-3-2-9-7(12)5-10-6(11)4-8/h2-5H2,1H3,(H,9,12)(H,10,11). The Bertz CT molecular complexity index is 175. The van der Waals surface area contributed by atoms with E-state index in [1.54, 1.807) is 7.11 Å². The highest BCUT2D eigenvalue weighted by molar-refractivity contribution is 9.09. The zero-order valence-electron chi connectivity index (χ0n) is 7.43. The highest BCUT2D eigenvalue weighted by atomic mass is 79.9. The lowest BCUT2D eigenvalue weighted by atomic mass is 10.5. The summed E-state index contributed by atoms with van der Waals surface area (Å²) in [5.74, 6) is -0.423. The van der Waals surface area contributed by atoms with Crippen LogP contribution in [0.5, 0.6) is 0 Å². The molecule has 0 atom stereocenters. The van der Waals surface area contributed by atoms with E-state index < -0.39 is 0 Å². The largest absolute Gasteiger partial charge is 0.383 e. The third kappa shape index (κ3) is 7.73. The number of carbonyl (C=O) groups excluding carboxylic acids is 2. The molecule has 0 saturated heterocycles. The maximum atomic E-state index is 10.9. The number of nitrogens with one attached hydrogen (secondary N) is 2. The van der Waals surface area contributed by atoms with Crippen molar-refractivity contribution in [2.24, 2.45) is 0 Å². The summed E-state index contributed by atoms with van der Waals surface area (Å²) >= 11 is 2.96. The molecular formula is C7H13BrN2O3. The van der Waals surface area contributed by atoms with Gasteiger partial charge in [0.25, 0.3) is 0 Å². The van der Waals surface area contributed by atoms with Gasteiger partial charge in [-0.25, -0.2) is 0 Å². The summed E-state index contributed by atoms with van der Waals surface area (Å²) in [6, 6.07) is 0. The molecule has 0 aromatic carbocycles. The second-order valence-electron chi connectivity index (χ2n) is 2.25. The first-order chi connectivity index (χ1) is 6.20. The van der Waals surface area contributed by atoms with Gasteiger partial charge in [-0.05, 0) is 0 Å². The lowest BCUT2D eigenvalue weighted by molar-refractivity contribution is -0.124. The molecule has 2 amide bonds. The fraction of sp³-hybridized carbons (Fsp3) is 0.714.